The average molecular weight is 393 g/mol. The number of hydrogen-bond acceptors (Lipinski definition) is 4. The zero-order valence-electron chi connectivity index (χ0n) is 14.3. The fourth-order valence-corrected chi connectivity index (χ4v) is 4.18. The van der Waals surface area contributed by atoms with Gasteiger partial charge in [-0.1, -0.05) is 29.8 Å². The van der Waals surface area contributed by atoms with Gasteiger partial charge in [0.1, 0.15) is 5.76 Å². The molecule has 7 heteroatoms. The van der Waals surface area contributed by atoms with E-state index in [4.69, 9.17) is 21.8 Å². The maximum absolute atomic E-state index is 12.5. The van der Waals surface area contributed by atoms with E-state index in [0.29, 0.717) is 37.4 Å². The Morgan fingerprint density at radius 1 is 1.15 bits per heavy atom. The summed E-state index contributed by atoms with van der Waals surface area (Å²) in [5.74, 6) is 2.01. The van der Waals surface area contributed by atoms with Crippen LogP contribution in [0.15, 0.2) is 40.8 Å². The van der Waals surface area contributed by atoms with Crippen LogP contribution in [0.5, 0.6) is 0 Å². The number of nitrogens with zero attached hydrogens (tertiary/aromatic N) is 1. The number of piperidine rings is 1. The van der Waals surface area contributed by atoms with Crippen LogP contribution in [0.4, 0.5) is 0 Å². The zero-order chi connectivity index (χ0) is 18.5. The highest BCUT2D eigenvalue weighted by Crippen LogP contribution is 2.25. The van der Waals surface area contributed by atoms with Gasteiger partial charge in [0.05, 0.1) is 5.75 Å². The van der Waals surface area contributed by atoms with E-state index in [1.807, 2.05) is 30.3 Å². The molecule has 5 nitrogen and oxygen atoms in total. The highest BCUT2D eigenvalue weighted by Gasteiger charge is 2.27. The van der Waals surface area contributed by atoms with Crippen molar-refractivity contribution in [3.63, 3.8) is 0 Å². The number of benzene rings is 1. The molecular weight excluding hydrogens is 372 g/mol. The Morgan fingerprint density at radius 3 is 2.58 bits per heavy atom. The van der Waals surface area contributed by atoms with Gasteiger partial charge in [-0.25, -0.2) is 0 Å². The number of thioether (sulfide) groups is 1. The first-order valence-corrected chi connectivity index (χ1v) is 10.1. The fourth-order valence-electron chi connectivity index (χ4n) is 2.97. The standard InChI is InChI=1S/C19H21ClN2O3S/c20-16-4-2-1-3-14(16)11-26-12-15-5-6-17(25-15)19(24)22-9-7-13(8-10-22)18(21)23/h1-6,13H,7-12H2,(H2,21,23). The highest BCUT2D eigenvalue weighted by atomic mass is 35.5. The molecule has 0 bridgehead atoms. The van der Waals surface area contributed by atoms with E-state index in [9.17, 15) is 9.59 Å². The van der Waals surface area contributed by atoms with E-state index in [1.165, 1.54) is 0 Å². The van der Waals surface area contributed by atoms with Crippen molar-refractivity contribution >= 4 is 35.2 Å². The lowest BCUT2D eigenvalue weighted by atomic mass is 9.96. The van der Waals surface area contributed by atoms with Gasteiger partial charge in [-0.15, -0.1) is 11.8 Å². The number of amides is 2. The zero-order valence-corrected chi connectivity index (χ0v) is 15.9. The lowest BCUT2D eigenvalue weighted by Gasteiger charge is -2.29. The molecule has 3 rings (SSSR count). The van der Waals surface area contributed by atoms with Gasteiger partial charge in [-0.05, 0) is 36.6 Å². The summed E-state index contributed by atoms with van der Waals surface area (Å²) in [6.45, 7) is 1.06. The molecule has 0 radical (unpaired) electrons. The number of likely N-dealkylation sites (tertiary alicyclic amines) is 1. The Bertz CT molecular complexity index is 785. The van der Waals surface area contributed by atoms with Crippen LogP contribution in [0.25, 0.3) is 0 Å². The van der Waals surface area contributed by atoms with E-state index in [-0.39, 0.29) is 17.7 Å². The van der Waals surface area contributed by atoms with Crippen molar-refractivity contribution in [3.8, 4) is 0 Å². The predicted molar refractivity (Wildman–Crippen MR) is 103 cm³/mol. The van der Waals surface area contributed by atoms with Crippen LogP contribution in [-0.2, 0) is 16.3 Å². The number of halogens is 1. The third-order valence-electron chi connectivity index (χ3n) is 4.52. The van der Waals surface area contributed by atoms with Gasteiger partial charge in [0.25, 0.3) is 5.91 Å². The minimum absolute atomic E-state index is 0.129. The van der Waals surface area contributed by atoms with Crippen LogP contribution in [0.3, 0.4) is 0 Å². The van der Waals surface area contributed by atoms with Gasteiger partial charge in [-0.3, -0.25) is 9.59 Å². The van der Waals surface area contributed by atoms with Crippen LogP contribution in [-0.4, -0.2) is 29.8 Å². The molecule has 2 N–H and O–H groups in total. The van der Waals surface area contributed by atoms with Gasteiger partial charge in [0, 0.05) is 29.8 Å². The minimum atomic E-state index is -0.284. The second-order valence-corrected chi connectivity index (χ2v) is 7.71. The first kappa shape index (κ1) is 18.9. The number of carbonyl (C=O) groups is 2. The molecular formula is C19H21ClN2O3S. The maximum Gasteiger partial charge on any atom is 0.289 e. The molecule has 1 aromatic carbocycles. The van der Waals surface area contributed by atoms with Gasteiger partial charge >= 0.3 is 0 Å². The van der Waals surface area contributed by atoms with Crippen LogP contribution in [0, 0.1) is 5.92 Å². The lowest BCUT2D eigenvalue weighted by molar-refractivity contribution is -0.123. The summed E-state index contributed by atoms with van der Waals surface area (Å²) in [6.07, 6.45) is 1.23. The number of nitrogens with two attached hydrogens (primary N) is 1. The largest absolute Gasteiger partial charge is 0.455 e. The van der Waals surface area contributed by atoms with E-state index in [0.717, 1.165) is 22.1 Å². The van der Waals surface area contributed by atoms with E-state index in [2.05, 4.69) is 0 Å². The Kier molecular flexibility index (Phi) is 6.27. The summed E-state index contributed by atoms with van der Waals surface area (Å²) < 4.78 is 5.70. The summed E-state index contributed by atoms with van der Waals surface area (Å²) in [5.41, 5.74) is 6.41. The normalized spacial score (nSPS) is 15.2. The Balaban J connectivity index is 1.50. The van der Waals surface area contributed by atoms with E-state index < -0.39 is 0 Å². The number of hydrogen-bond donors (Lipinski definition) is 1. The Hall–Kier alpha value is -1.92. The monoisotopic (exact) mass is 392 g/mol. The molecule has 0 unspecified atom stereocenters. The number of furan rings is 1. The number of carbonyl (C=O) groups excluding carboxylic acids is 2. The SMILES string of the molecule is NC(=O)C1CCN(C(=O)c2ccc(CSCc3ccccc3Cl)o2)CC1. The molecule has 1 saturated heterocycles. The molecule has 2 amide bonds. The molecule has 1 aromatic heterocycles. The first-order valence-electron chi connectivity index (χ1n) is 8.53. The summed E-state index contributed by atoms with van der Waals surface area (Å²) in [4.78, 5) is 25.5. The molecule has 0 atom stereocenters. The Labute approximate surface area is 161 Å². The quantitative estimate of drug-likeness (QED) is 0.813. The first-order chi connectivity index (χ1) is 12.5. The molecule has 0 spiro atoms. The molecule has 1 fully saturated rings. The third kappa shape index (κ3) is 4.62. The summed E-state index contributed by atoms with van der Waals surface area (Å²) in [7, 11) is 0. The molecule has 0 saturated carbocycles. The summed E-state index contributed by atoms with van der Waals surface area (Å²) in [6, 6.07) is 11.3. The van der Waals surface area contributed by atoms with Crippen molar-refractivity contribution in [2.45, 2.75) is 24.3 Å². The highest BCUT2D eigenvalue weighted by molar-refractivity contribution is 7.97. The number of primary amides is 1. The van der Waals surface area contributed by atoms with Gasteiger partial charge < -0.3 is 15.1 Å². The van der Waals surface area contributed by atoms with Crippen molar-refractivity contribution in [3.05, 3.63) is 58.5 Å². The maximum atomic E-state index is 12.5. The van der Waals surface area contributed by atoms with Crippen molar-refractivity contribution in [1.29, 1.82) is 0 Å². The van der Waals surface area contributed by atoms with Crippen LogP contribution in [0.2, 0.25) is 5.02 Å². The van der Waals surface area contributed by atoms with Crippen molar-refractivity contribution in [2.24, 2.45) is 11.7 Å². The smallest absolute Gasteiger partial charge is 0.289 e. The van der Waals surface area contributed by atoms with Crippen molar-refractivity contribution < 1.29 is 14.0 Å². The molecule has 2 heterocycles. The average Bonchev–Trinajstić information content (AvgIpc) is 3.11. The predicted octanol–water partition coefficient (Wildman–Crippen LogP) is 3.70. The van der Waals surface area contributed by atoms with Gasteiger partial charge in [0.2, 0.25) is 5.91 Å². The fraction of sp³-hybridized carbons (Fsp3) is 0.368. The minimum Gasteiger partial charge on any atom is -0.455 e. The van der Waals surface area contributed by atoms with E-state index >= 15 is 0 Å². The molecule has 138 valence electrons. The van der Waals surface area contributed by atoms with Crippen LogP contribution in [0.1, 0.15) is 34.7 Å². The summed E-state index contributed by atoms with van der Waals surface area (Å²) >= 11 is 7.83. The molecule has 0 aliphatic carbocycles. The van der Waals surface area contributed by atoms with Crippen molar-refractivity contribution in [2.75, 3.05) is 13.1 Å². The third-order valence-corrected chi connectivity index (χ3v) is 5.89. The summed E-state index contributed by atoms with van der Waals surface area (Å²) in [5, 5.41) is 0.759. The second kappa shape index (κ2) is 8.64. The molecule has 2 aromatic rings. The lowest BCUT2D eigenvalue weighted by Crippen LogP contribution is -2.41. The van der Waals surface area contributed by atoms with Gasteiger partial charge in [-0.2, -0.15) is 0 Å². The Morgan fingerprint density at radius 2 is 1.88 bits per heavy atom. The second-order valence-electron chi connectivity index (χ2n) is 6.32. The van der Waals surface area contributed by atoms with Crippen LogP contribution >= 0.6 is 23.4 Å². The topological polar surface area (TPSA) is 76.5 Å². The van der Waals surface area contributed by atoms with E-state index in [1.54, 1.807) is 22.7 Å². The number of rotatable bonds is 6. The molecule has 1 aliphatic heterocycles. The molecule has 1 aliphatic rings. The van der Waals surface area contributed by atoms with Crippen LogP contribution < -0.4 is 5.73 Å². The van der Waals surface area contributed by atoms with Crippen molar-refractivity contribution in [1.82, 2.24) is 4.90 Å². The molecule has 26 heavy (non-hydrogen) atoms. The van der Waals surface area contributed by atoms with Gasteiger partial charge in [0.15, 0.2) is 5.76 Å².